The van der Waals surface area contributed by atoms with E-state index in [4.69, 9.17) is 5.11 Å². The number of nitrogens with one attached hydrogen (secondary N) is 2. The molecule has 1 aromatic rings. The summed E-state index contributed by atoms with van der Waals surface area (Å²) in [4.78, 5) is 11.7. The SMILES string of the molecule is O=C(CCC1CCNC1)NCc1ccc(CO)c(F)c1. The third-order valence-electron chi connectivity index (χ3n) is 3.72. The van der Waals surface area contributed by atoms with Crippen LogP contribution in [0.25, 0.3) is 0 Å². The van der Waals surface area contributed by atoms with Crippen LogP contribution in [0.4, 0.5) is 4.39 Å². The van der Waals surface area contributed by atoms with Crippen molar-refractivity contribution in [2.45, 2.75) is 32.4 Å². The number of hydrogen-bond acceptors (Lipinski definition) is 3. The van der Waals surface area contributed by atoms with Gasteiger partial charge < -0.3 is 15.7 Å². The first-order chi connectivity index (χ1) is 9.69. The summed E-state index contributed by atoms with van der Waals surface area (Å²) in [5.41, 5.74) is 0.976. The van der Waals surface area contributed by atoms with Crippen molar-refractivity contribution >= 4 is 5.91 Å². The first-order valence-corrected chi connectivity index (χ1v) is 7.04. The monoisotopic (exact) mass is 280 g/mol. The van der Waals surface area contributed by atoms with Crippen molar-refractivity contribution in [3.8, 4) is 0 Å². The Labute approximate surface area is 118 Å². The summed E-state index contributed by atoms with van der Waals surface area (Å²) in [6.07, 6.45) is 2.56. The first kappa shape index (κ1) is 14.9. The number of aliphatic hydroxyl groups is 1. The molecule has 1 heterocycles. The number of halogens is 1. The lowest BCUT2D eigenvalue weighted by Gasteiger charge is -2.09. The molecule has 0 aromatic heterocycles. The molecule has 0 aliphatic carbocycles. The summed E-state index contributed by atoms with van der Waals surface area (Å²) in [7, 11) is 0. The van der Waals surface area contributed by atoms with Crippen LogP contribution in [-0.4, -0.2) is 24.1 Å². The van der Waals surface area contributed by atoms with Gasteiger partial charge in [-0.15, -0.1) is 0 Å². The predicted octanol–water partition coefficient (Wildman–Crippen LogP) is 1.32. The molecule has 1 amide bonds. The van der Waals surface area contributed by atoms with E-state index in [2.05, 4.69) is 10.6 Å². The summed E-state index contributed by atoms with van der Waals surface area (Å²) in [5, 5.41) is 15.0. The molecule has 0 bridgehead atoms. The lowest BCUT2D eigenvalue weighted by molar-refractivity contribution is -0.121. The van der Waals surface area contributed by atoms with E-state index in [9.17, 15) is 9.18 Å². The molecule has 1 aromatic carbocycles. The van der Waals surface area contributed by atoms with E-state index in [1.165, 1.54) is 6.07 Å². The molecule has 110 valence electrons. The second kappa shape index (κ2) is 7.36. The van der Waals surface area contributed by atoms with Gasteiger partial charge >= 0.3 is 0 Å². The fourth-order valence-electron chi connectivity index (χ4n) is 2.41. The molecule has 1 saturated heterocycles. The molecule has 5 heteroatoms. The third kappa shape index (κ3) is 4.28. The van der Waals surface area contributed by atoms with Gasteiger partial charge in [0.05, 0.1) is 6.61 Å². The Morgan fingerprint density at radius 2 is 2.35 bits per heavy atom. The van der Waals surface area contributed by atoms with Crippen LogP contribution in [0.15, 0.2) is 18.2 Å². The van der Waals surface area contributed by atoms with Crippen molar-refractivity contribution in [3.63, 3.8) is 0 Å². The zero-order valence-electron chi connectivity index (χ0n) is 11.5. The molecule has 0 radical (unpaired) electrons. The van der Waals surface area contributed by atoms with Gasteiger partial charge in [-0.1, -0.05) is 12.1 Å². The Hall–Kier alpha value is -1.46. The van der Waals surface area contributed by atoms with Gasteiger partial charge in [-0.3, -0.25) is 4.79 Å². The maximum atomic E-state index is 13.4. The van der Waals surface area contributed by atoms with Gasteiger partial charge in [-0.25, -0.2) is 4.39 Å². The number of rotatable bonds is 6. The number of hydrogen-bond donors (Lipinski definition) is 3. The Morgan fingerprint density at radius 3 is 3.00 bits per heavy atom. The number of aliphatic hydroxyl groups excluding tert-OH is 1. The van der Waals surface area contributed by atoms with Gasteiger partial charge in [0.1, 0.15) is 5.82 Å². The molecule has 2 rings (SSSR count). The van der Waals surface area contributed by atoms with Gasteiger partial charge in [0.15, 0.2) is 0 Å². The Balaban J connectivity index is 1.73. The van der Waals surface area contributed by atoms with Crippen molar-refractivity contribution in [2.75, 3.05) is 13.1 Å². The van der Waals surface area contributed by atoms with E-state index < -0.39 is 5.82 Å². The molecule has 0 spiro atoms. The topological polar surface area (TPSA) is 61.4 Å². The van der Waals surface area contributed by atoms with Crippen LogP contribution in [0.3, 0.4) is 0 Å². The maximum absolute atomic E-state index is 13.4. The third-order valence-corrected chi connectivity index (χ3v) is 3.72. The first-order valence-electron chi connectivity index (χ1n) is 7.04. The quantitative estimate of drug-likeness (QED) is 0.736. The molecule has 1 unspecified atom stereocenters. The van der Waals surface area contributed by atoms with Crippen LogP contribution in [-0.2, 0) is 17.9 Å². The number of amides is 1. The van der Waals surface area contributed by atoms with Crippen LogP contribution >= 0.6 is 0 Å². The summed E-state index contributed by atoms with van der Waals surface area (Å²) in [5.74, 6) is 0.168. The molecule has 3 N–H and O–H groups in total. The van der Waals surface area contributed by atoms with Crippen LogP contribution in [0.2, 0.25) is 0 Å². The summed E-state index contributed by atoms with van der Waals surface area (Å²) in [6, 6.07) is 4.61. The largest absolute Gasteiger partial charge is 0.392 e. The molecule has 1 atom stereocenters. The van der Waals surface area contributed by atoms with Crippen LogP contribution in [0.5, 0.6) is 0 Å². The number of carbonyl (C=O) groups is 1. The summed E-state index contributed by atoms with van der Waals surface area (Å²) < 4.78 is 13.4. The normalized spacial score (nSPS) is 18.2. The van der Waals surface area contributed by atoms with Crippen molar-refractivity contribution in [1.29, 1.82) is 0 Å². The minimum absolute atomic E-state index is 0.00328. The highest BCUT2D eigenvalue weighted by Gasteiger charge is 2.15. The minimum atomic E-state index is -0.434. The van der Waals surface area contributed by atoms with Crippen LogP contribution < -0.4 is 10.6 Å². The molecular weight excluding hydrogens is 259 g/mol. The fourth-order valence-corrected chi connectivity index (χ4v) is 2.41. The Morgan fingerprint density at radius 1 is 1.50 bits per heavy atom. The molecule has 1 fully saturated rings. The van der Waals surface area contributed by atoms with E-state index >= 15 is 0 Å². The highest BCUT2D eigenvalue weighted by atomic mass is 19.1. The average molecular weight is 280 g/mol. The molecule has 20 heavy (non-hydrogen) atoms. The number of carbonyl (C=O) groups excluding carboxylic acids is 1. The Bertz CT molecular complexity index is 459. The maximum Gasteiger partial charge on any atom is 0.220 e. The lowest BCUT2D eigenvalue weighted by atomic mass is 10.0. The van der Waals surface area contributed by atoms with Crippen molar-refractivity contribution < 1.29 is 14.3 Å². The van der Waals surface area contributed by atoms with E-state index in [0.29, 0.717) is 24.4 Å². The summed E-state index contributed by atoms with van der Waals surface area (Å²) in [6.45, 7) is 2.06. The molecule has 1 aliphatic heterocycles. The van der Waals surface area contributed by atoms with E-state index in [1.807, 2.05) is 0 Å². The van der Waals surface area contributed by atoms with E-state index in [1.54, 1.807) is 12.1 Å². The van der Waals surface area contributed by atoms with Gasteiger partial charge in [-0.05, 0) is 43.5 Å². The molecule has 4 nitrogen and oxygen atoms in total. The van der Waals surface area contributed by atoms with Crippen LogP contribution in [0.1, 0.15) is 30.4 Å². The van der Waals surface area contributed by atoms with Crippen molar-refractivity contribution in [3.05, 3.63) is 35.1 Å². The van der Waals surface area contributed by atoms with Crippen LogP contribution in [0, 0.1) is 11.7 Å². The highest BCUT2D eigenvalue weighted by molar-refractivity contribution is 5.75. The minimum Gasteiger partial charge on any atom is -0.392 e. The Kier molecular flexibility index (Phi) is 5.49. The summed E-state index contributed by atoms with van der Waals surface area (Å²) >= 11 is 0. The highest BCUT2D eigenvalue weighted by Crippen LogP contribution is 2.14. The van der Waals surface area contributed by atoms with Gasteiger partial charge in [0.2, 0.25) is 5.91 Å². The zero-order chi connectivity index (χ0) is 14.4. The molecule has 0 saturated carbocycles. The molecule has 1 aliphatic rings. The van der Waals surface area contributed by atoms with Gasteiger partial charge in [0.25, 0.3) is 0 Å². The second-order valence-electron chi connectivity index (χ2n) is 5.26. The van der Waals surface area contributed by atoms with Crippen molar-refractivity contribution in [1.82, 2.24) is 10.6 Å². The van der Waals surface area contributed by atoms with Gasteiger partial charge in [-0.2, -0.15) is 0 Å². The average Bonchev–Trinajstić information content (AvgIpc) is 2.96. The second-order valence-corrected chi connectivity index (χ2v) is 5.26. The van der Waals surface area contributed by atoms with E-state index in [-0.39, 0.29) is 18.1 Å². The smallest absolute Gasteiger partial charge is 0.220 e. The zero-order valence-corrected chi connectivity index (χ0v) is 11.5. The lowest BCUT2D eigenvalue weighted by Crippen LogP contribution is -2.23. The number of benzene rings is 1. The van der Waals surface area contributed by atoms with Gasteiger partial charge in [0, 0.05) is 18.5 Å². The predicted molar refractivity (Wildman–Crippen MR) is 74.4 cm³/mol. The fraction of sp³-hybridized carbons (Fsp3) is 0.533. The molecular formula is C15H21FN2O2. The van der Waals surface area contributed by atoms with E-state index in [0.717, 1.165) is 25.9 Å². The van der Waals surface area contributed by atoms with Crippen molar-refractivity contribution in [2.24, 2.45) is 5.92 Å². The standard InChI is InChI=1S/C15H21FN2O2/c16-14-7-12(1-3-13(14)10-19)9-18-15(20)4-2-11-5-6-17-8-11/h1,3,7,11,17,19H,2,4-6,8-10H2,(H,18,20).